The zero-order chi connectivity index (χ0) is 13.8. The summed E-state index contributed by atoms with van der Waals surface area (Å²) in [5, 5.41) is 4.33. The van der Waals surface area contributed by atoms with Gasteiger partial charge in [0, 0.05) is 45.1 Å². The summed E-state index contributed by atoms with van der Waals surface area (Å²) in [6.07, 6.45) is 5.88. The van der Waals surface area contributed by atoms with Crippen molar-refractivity contribution in [3.8, 4) is 0 Å². The Bertz CT molecular complexity index is 528. The van der Waals surface area contributed by atoms with Gasteiger partial charge in [0.2, 0.25) is 0 Å². The van der Waals surface area contributed by atoms with Crippen molar-refractivity contribution in [3.63, 3.8) is 0 Å². The monoisotopic (exact) mass is 271 g/mol. The molecule has 1 aliphatic heterocycles. The molecule has 0 spiro atoms. The van der Waals surface area contributed by atoms with Gasteiger partial charge in [0.05, 0.1) is 12.7 Å². The molecular formula is C15H21N5. The Morgan fingerprint density at radius 3 is 2.60 bits per heavy atom. The van der Waals surface area contributed by atoms with Gasteiger partial charge >= 0.3 is 0 Å². The highest BCUT2D eigenvalue weighted by Crippen LogP contribution is 2.12. The van der Waals surface area contributed by atoms with Crippen LogP contribution in [-0.4, -0.2) is 52.4 Å². The maximum atomic E-state index is 4.42. The van der Waals surface area contributed by atoms with E-state index in [1.807, 2.05) is 23.1 Å². The second-order valence-electron chi connectivity index (χ2n) is 5.30. The lowest BCUT2D eigenvalue weighted by Gasteiger charge is -2.35. The number of aryl methyl sites for hydroxylation is 1. The van der Waals surface area contributed by atoms with Gasteiger partial charge in [0.15, 0.2) is 0 Å². The van der Waals surface area contributed by atoms with E-state index in [0.717, 1.165) is 45.1 Å². The van der Waals surface area contributed by atoms with Gasteiger partial charge in [0.25, 0.3) is 0 Å². The van der Waals surface area contributed by atoms with Gasteiger partial charge < -0.3 is 4.90 Å². The van der Waals surface area contributed by atoms with Crippen LogP contribution in [0, 0.1) is 6.92 Å². The summed E-state index contributed by atoms with van der Waals surface area (Å²) in [7, 11) is 0. The Morgan fingerprint density at radius 1 is 1.10 bits per heavy atom. The SMILES string of the molecule is Cc1cnn(CCN2CCN(c3ccccn3)CC2)c1. The second-order valence-corrected chi connectivity index (χ2v) is 5.30. The van der Waals surface area contributed by atoms with Gasteiger partial charge in [-0.25, -0.2) is 4.98 Å². The molecule has 3 rings (SSSR count). The second kappa shape index (κ2) is 6.05. The molecule has 0 N–H and O–H groups in total. The highest BCUT2D eigenvalue weighted by atomic mass is 15.3. The molecule has 2 aromatic heterocycles. The van der Waals surface area contributed by atoms with Crippen molar-refractivity contribution in [2.24, 2.45) is 0 Å². The molecule has 5 heteroatoms. The van der Waals surface area contributed by atoms with E-state index in [9.17, 15) is 0 Å². The predicted molar refractivity (Wildman–Crippen MR) is 79.9 cm³/mol. The van der Waals surface area contributed by atoms with Crippen LogP contribution in [-0.2, 0) is 6.54 Å². The third-order valence-electron chi connectivity index (χ3n) is 3.75. The molecule has 0 amide bonds. The van der Waals surface area contributed by atoms with Gasteiger partial charge in [-0.05, 0) is 24.6 Å². The summed E-state index contributed by atoms with van der Waals surface area (Å²) in [6, 6.07) is 6.10. The number of nitrogens with zero attached hydrogens (tertiary/aromatic N) is 5. The predicted octanol–water partition coefficient (Wildman–Crippen LogP) is 1.41. The van der Waals surface area contributed by atoms with Crippen LogP contribution in [0.25, 0.3) is 0 Å². The Morgan fingerprint density at radius 2 is 1.95 bits per heavy atom. The Kier molecular flexibility index (Phi) is 3.97. The zero-order valence-corrected chi connectivity index (χ0v) is 11.9. The van der Waals surface area contributed by atoms with Crippen LogP contribution >= 0.6 is 0 Å². The molecule has 0 aliphatic carbocycles. The highest BCUT2D eigenvalue weighted by Gasteiger charge is 2.17. The summed E-state index contributed by atoms with van der Waals surface area (Å²) in [5.41, 5.74) is 1.23. The third kappa shape index (κ3) is 3.17. The average Bonchev–Trinajstić information content (AvgIpc) is 2.92. The molecule has 0 atom stereocenters. The maximum Gasteiger partial charge on any atom is 0.128 e. The first-order valence-electron chi connectivity index (χ1n) is 7.19. The summed E-state index contributed by atoms with van der Waals surface area (Å²) in [5.74, 6) is 1.09. The smallest absolute Gasteiger partial charge is 0.128 e. The highest BCUT2D eigenvalue weighted by molar-refractivity contribution is 5.38. The first-order valence-corrected chi connectivity index (χ1v) is 7.19. The lowest BCUT2D eigenvalue weighted by atomic mass is 10.3. The van der Waals surface area contributed by atoms with Crippen LogP contribution in [0.15, 0.2) is 36.8 Å². The number of piperazine rings is 1. The number of rotatable bonds is 4. The molecule has 3 heterocycles. The number of anilines is 1. The number of aromatic nitrogens is 3. The van der Waals surface area contributed by atoms with Crippen molar-refractivity contribution in [1.82, 2.24) is 19.7 Å². The summed E-state index contributed by atoms with van der Waals surface area (Å²) < 4.78 is 2.03. The van der Waals surface area contributed by atoms with Crippen molar-refractivity contribution >= 4 is 5.82 Å². The van der Waals surface area contributed by atoms with E-state index in [1.165, 1.54) is 5.56 Å². The molecule has 0 aromatic carbocycles. The molecule has 0 unspecified atom stereocenters. The Balaban J connectivity index is 1.47. The largest absolute Gasteiger partial charge is 0.354 e. The van der Waals surface area contributed by atoms with Gasteiger partial charge in [-0.2, -0.15) is 5.10 Å². The van der Waals surface area contributed by atoms with Crippen LogP contribution in [0.5, 0.6) is 0 Å². The van der Waals surface area contributed by atoms with Gasteiger partial charge in [0.1, 0.15) is 5.82 Å². The molecule has 1 saturated heterocycles. The van der Waals surface area contributed by atoms with Gasteiger partial charge in [-0.1, -0.05) is 6.07 Å². The lowest BCUT2D eigenvalue weighted by Crippen LogP contribution is -2.47. The minimum atomic E-state index is 0.970. The minimum Gasteiger partial charge on any atom is -0.354 e. The van der Waals surface area contributed by atoms with E-state index in [4.69, 9.17) is 0 Å². The van der Waals surface area contributed by atoms with E-state index < -0.39 is 0 Å². The van der Waals surface area contributed by atoms with E-state index in [1.54, 1.807) is 0 Å². The van der Waals surface area contributed by atoms with Crippen molar-refractivity contribution in [1.29, 1.82) is 0 Å². The van der Waals surface area contributed by atoms with Crippen molar-refractivity contribution < 1.29 is 0 Å². The molecule has 0 radical (unpaired) electrons. The number of pyridine rings is 1. The lowest BCUT2D eigenvalue weighted by molar-refractivity contribution is 0.244. The molecule has 2 aromatic rings. The van der Waals surface area contributed by atoms with Crippen molar-refractivity contribution in [2.75, 3.05) is 37.6 Å². The molecular weight excluding hydrogens is 250 g/mol. The molecule has 0 bridgehead atoms. The Labute approximate surface area is 119 Å². The molecule has 1 aliphatic rings. The van der Waals surface area contributed by atoms with Crippen LogP contribution in [0.2, 0.25) is 0 Å². The molecule has 106 valence electrons. The molecule has 1 fully saturated rings. The van der Waals surface area contributed by atoms with Crippen LogP contribution in [0.4, 0.5) is 5.82 Å². The molecule has 0 saturated carbocycles. The Hall–Kier alpha value is -1.88. The maximum absolute atomic E-state index is 4.42. The number of hydrogen-bond donors (Lipinski definition) is 0. The van der Waals surface area contributed by atoms with Crippen LogP contribution < -0.4 is 4.90 Å². The first-order chi connectivity index (χ1) is 9.81. The van der Waals surface area contributed by atoms with Crippen molar-refractivity contribution in [2.45, 2.75) is 13.5 Å². The van der Waals surface area contributed by atoms with Crippen molar-refractivity contribution in [3.05, 3.63) is 42.4 Å². The number of hydrogen-bond acceptors (Lipinski definition) is 4. The quantitative estimate of drug-likeness (QED) is 0.842. The fourth-order valence-corrected chi connectivity index (χ4v) is 2.57. The zero-order valence-electron chi connectivity index (χ0n) is 11.9. The molecule has 20 heavy (non-hydrogen) atoms. The standard InChI is InChI=1S/C15H21N5/c1-14-12-17-20(13-14)11-8-18-6-9-19(10-7-18)15-4-2-3-5-16-15/h2-5,12-13H,6-11H2,1H3. The fraction of sp³-hybridized carbons (Fsp3) is 0.467. The average molecular weight is 271 g/mol. The fourth-order valence-electron chi connectivity index (χ4n) is 2.57. The topological polar surface area (TPSA) is 37.2 Å². The van der Waals surface area contributed by atoms with E-state index in [2.05, 4.69) is 45.1 Å². The normalized spacial score (nSPS) is 16.6. The third-order valence-corrected chi connectivity index (χ3v) is 3.75. The summed E-state index contributed by atoms with van der Waals surface area (Å²) >= 11 is 0. The van der Waals surface area contributed by atoms with Crippen LogP contribution in [0.3, 0.4) is 0 Å². The van der Waals surface area contributed by atoms with Gasteiger partial charge in [-0.3, -0.25) is 9.58 Å². The summed E-state index contributed by atoms with van der Waals surface area (Å²) in [4.78, 5) is 9.27. The van der Waals surface area contributed by atoms with E-state index in [0.29, 0.717) is 0 Å². The van der Waals surface area contributed by atoms with E-state index in [-0.39, 0.29) is 0 Å². The summed E-state index contributed by atoms with van der Waals surface area (Å²) in [6.45, 7) is 8.40. The van der Waals surface area contributed by atoms with E-state index >= 15 is 0 Å². The first kappa shape index (κ1) is 13.1. The molecule has 5 nitrogen and oxygen atoms in total. The van der Waals surface area contributed by atoms with Gasteiger partial charge in [-0.15, -0.1) is 0 Å². The van der Waals surface area contributed by atoms with Crippen LogP contribution in [0.1, 0.15) is 5.56 Å². The minimum absolute atomic E-state index is 0.970.